The Morgan fingerprint density at radius 3 is 2.07 bits per heavy atom. The molecule has 0 aliphatic carbocycles. The van der Waals surface area contributed by atoms with Gasteiger partial charge in [-0.15, -0.1) is 15.3 Å². The molecule has 0 radical (unpaired) electrons. The number of phenolic OH excluding ortho intramolecular Hbond substituents is 2. The van der Waals surface area contributed by atoms with Gasteiger partial charge in [0.15, 0.2) is 17.2 Å². The first-order valence-corrected chi connectivity index (χ1v) is 20.5. The number of nitrogens with one attached hydrogen (secondary N) is 1. The molecule has 0 aliphatic heterocycles. The molecular weight excluding hydrogens is 829 g/mol. The van der Waals surface area contributed by atoms with Crippen LogP contribution in [-0.4, -0.2) is 59.2 Å². The van der Waals surface area contributed by atoms with Gasteiger partial charge >= 0.3 is 0 Å². The van der Waals surface area contributed by atoms with Gasteiger partial charge in [0.2, 0.25) is 5.88 Å². The largest absolute Gasteiger partial charge is 0.505 e. The lowest BCUT2D eigenvalue weighted by molar-refractivity contribution is -0.385. The van der Waals surface area contributed by atoms with Crippen molar-refractivity contribution in [1.82, 2.24) is 4.57 Å². The number of nitriles is 1. The summed E-state index contributed by atoms with van der Waals surface area (Å²) < 4.78 is 97.2. The van der Waals surface area contributed by atoms with E-state index in [-0.39, 0.29) is 50.4 Å². The summed E-state index contributed by atoms with van der Waals surface area (Å²) in [5, 5.41) is 67.3. The number of pyridine rings is 1. The SMILES string of the molecule is CCCCn1c(O)c(C#N)c(C)c(N=Nc2ccc(S(=O)(=O)Nc3ccc4cc(S(=O)(=O)O)c(N=Nc5cc([N+](=O)[O-])cc(S(=O)(=O)O)c5O)c(O)c4c3)cc2)c1=O. The number of anilines is 1. The molecule has 5 aromatic rings. The highest BCUT2D eigenvalue weighted by atomic mass is 32.2. The van der Waals surface area contributed by atoms with E-state index in [4.69, 9.17) is 0 Å². The van der Waals surface area contributed by atoms with E-state index in [0.29, 0.717) is 25.0 Å². The number of nitro benzene ring substituents is 1. The predicted octanol–water partition coefficient (Wildman–Crippen LogP) is 6.13. The van der Waals surface area contributed by atoms with Gasteiger partial charge in [-0.05, 0) is 61.2 Å². The molecule has 0 fully saturated rings. The molecule has 25 heteroatoms. The van der Waals surface area contributed by atoms with Crippen LogP contribution in [0.2, 0.25) is 0 Å². The van der Waals surface area contributed by atoms with Crippen molar-refractivity contribution >= 4 is 75.2 Å². The lowest BCUT2D eigenvalue weighted by atomic mass is 10.1. The lowest BCUT2D eigenvalue weighted by Gasteiger charge is -2.12. The summed E-state index contributed by atoms with van der Waals surface area (Å²) in [6.07, 6.45) is 1.23. The molecule has 4 aromatic carbocycles. The van der Waals surface area contributed by atoms with Crippen LogP contribution in [0.4, 0.5) is 34.1 Å². The van der Waals surface area contributed by atoms with Crippen LogP contribution in [0, 0.1) is 28.4 Å². The molecule has 1 heterocycles. The Bertz CT molecular complexity index is 3030. The first-order chi connectivity index (χ1) is 27.1. The van der Waals surface area contributed by atoms with Crippen molar-refractivity contribution in [3.05, 3.63) is 92.3 Å². The predicted molar refractivity (Wildman–Crippen MR) is 202 cm³/mol. The average molecular weight is 857 g/mol. The van der Waals surface area contributed by atoms with Crippen molar-refractivity contribution in [3.63, 3.8) is 0 Å². The first-order valence-electron chi connectivity index (χ1n) is 16.2. The summed E-state index contributed by atoms with van der Waals surface area (Å²) >= 11 is 0. The Morgan fingerprint density at radius 1 is 0.845 bits per heavy atom. The van der Waals surface area contributed by atoms with E-state index in [2.05, 4.69) is 25.2 Å². The van der Waals surface area contributed by atoms with Crippen molar-refractivity contribution in [2.45, 2.75) is 47.9 Å². The highest BCUT2D eigenvalue weighted by Crippen LogP contribution is 2.44. The molecule has 0 amide bonds. The third kappa shape index (κ3) is 8.59. The zero-order chi connectivity index (χ0) is 42.9. The van der Waals surface area contributed by atoms with Crippen molar-refractivity contribution in [1.29, 1.82) is 5.26 Å². The maximum Gasteiger partial charge on any atom is 0.298 e. The minimum atomic E-state index is -5.26. The fourth-order valence-corrected chi connectivity index (χ4v) is 7.68. The summed E-state index contributed by atoms with van der Waals surface area (Å²) in [4.78, 5) is 20.6. The molecule has 0 spiro atoms. The Kier molecular flexibility index (Phi) is 11.6. The summed E-state index contributed by atoms with van der Waals surface area (Å²) in [7, 11) is -14.9. The molecule has 6 N–H and O–H groups in total. The number of aromatic hydroxyl groups is 3. The second-order valence-electron chi connectivity index (χ2n) is 12.1. The van der Waals surface area contributed by atoms with Crippen LogP contribution >= 0.6 is 0 Å². The minimum Gasteiger partial charge on any atom is -0.505 e. The number of aromatic nitrogens is 1. The molecule has 58 heavy (non-hydrogen) atoms. The Hall–Kier alpha value is -6.85. The minimum absolute atomic E-state index is 0.0866. The third-order valence-corrected chi connectivity index (χ3v) is 11.4. The van der Waals surface area contributed by atoms with Crippen LogP contribution in [0.5, 0.6) is 17.4 Å². The molecule has 0 aliphatic rings. The Balaban J connectivity index is 1.49. The molecule has 22 nitrogen and oxygen atoms in total. The Labute approximate surface area is 327 Å². The third-order valence-electron chi connectivity index (χ3n) is 8.29. The van der Waals surface area contributed by atoms with Gasteiger partial charge in [-0.1, -0.05) is 19.4 Å². The van der Waals surface area contributed by atoms with E-state index in [1.54, 1.807) is 0 Å². The molecule has 0 saturated heterocycles. The molecule has 0 atom stereocenters. The number of azo groups is 2. The van der Waals surface area contributed by atoms with Crippen molar-refractivity contribution < 1.29 is 54.6 Å². The number of rotatable bonds is 13. The van der Waals surface area contributed by atoms with Gasteiger partial charge in [0.1, 0.15) is 32.8 Å². The number of hydrogen-bond donors (Lipinski definition) is 6. The number of phenols is 2. The van der Waals surface area contributed by atoms with Crippen LogP contribution in [0.3, 0.4) is 0 Å². The second kappa shape index (κ2) is 16.0. The van der Waals surface area contributed by atoms with Gasteiger partial charge in [-0.2, -0.15) is 27.2 Å². The van der Waals surface area contributed by atoms with Gasteiger partial charge in [-0.3, -0.25) is 33.3 Å². The van der Waals surface area contributed by atoms with Crippen LogP contribution in [0.1, 0.15) is 30.9 Å². The Morgan fingerprint density at radius 2 is 1.48 bits per heavy atom. The summed E-state index contributed by atoms with van der Waals surface area (Å²) in [5.41, 5.74) is -4.05. The summed E-state index contributed by atoms with van der Waals surface area (Å²) in [5.74, 6) is -2.87. The molecule has 0 saturated carbocycles. The van der Waals surface area contributed by atoms with Gasteiger partial charge in [0.05, 0.1) is 15.5 Å². The summed E-state index contributed by atoms with van der Waals surface area (Å²) in [6.45, 7) is 3.42. The lowest BCUT2D eigenvalue weighted by Crippen LogP contribution is -2.22. The van der Waals surface area contributed by atoms with Crippen LogP contribution < -0.4 is 10.3 Å². The van der Waals surface area contributed by atoms with Gasteiger partial charge < -0.3 is 15.3 Å². The number of sulfonamides is 1. The second-order valence-corrected chi connectivity index (χ2v) is 16.6. The maximum absolute atomic E-state index is 13.3. The van der Waals surface area contributed by atoms with Crippen molar-refractivity contribution in [2.75, 3.05) is 4.72 Å². The van der Waals surface area contributed by atoms with Crippen LogP contribution in [0.15, 0.2) is 101 Å². The van der Waals surface area contributed by atoms with E-state index in [0.717, 1.165) is 34.9 Å². The number of nitro groups is 1. The molecular formula is C33H28N8O14S3. The topological polar surface area (TPSA) is 354 Å². The summed E-state index contributed by atoms with van der Waals surface area (Å²) in [6, 6.07) is 11.7. The average Bonchev–Trinajstić information content (AvgIpc) is 3.14. The van der Waals surface area contributed by atoms with E-state index in [9.17, 15) is 69.8 Å². The van der Waals surface area contributed by atoms with Crippen LogP contribution in [-0.2, 0) is 36.8 Å². The molecule has 0 unspecified atom stereocenters. The quantitative estimate of drug-likeness (QED) is 0.0335. The van der Waals surface area contributed by atoms with E-state index < -0.39 is 85.0 Å². The monoisotopic (exact) mass is 856 g/mol. The zero-order valence-electron chi connectivity index (χ0n) is 29.7. The van der Waals surface area contributed by atoms with Gasteiger partial charge in [0, 0.05) is 35.3 Å². The molecule has 5 rings (SSSR count). The molecule has 1 aromatic heterocycles. The standard InChI is InChI=1S/C33H28N8O14S3/c1-3-4-11-40-32(44)24(16-34)17(2)28(33(40)45)37-35-19-7-9-22(10-8-19)56(48,49)39-20-6-5-18-12-26(57(50,51)52)29(30(42)23(18)13-20)38-36-25-14-21(41(46)47)15-27(31(25)43)58(53,54)55/h5-10,12-15,39,42-44H,3-4,11H2,1-2H3,(H,50,51,52)(H,53,54,55). The fourth-order valence-electron chi connectivity index (χ4n) is 5.35. The highest BCUT2D eigenvalue weighted by Gasteiger charge is 2.27. The van der Waals surface area contributed by atoms with E-state index in [1.807, 2.05) is 13.0 Å². The van der Waals surface area contributed by atoms with Gasteiger partial charge in [-0.25, -0.2) is 8.42 Å². The van der Waals surface area contributed by atoms with Crippen LogP contribution in [0.25, 0.3) is 10.8 Å². The smallest absolute Gasteiger partial charge is 0.298 e. The van der Waals surface area contributed by atoms with E-state index >= 15 is 0 Å². The number of nitrogens with zero attached hydrogens (tertiary/aromatic N) is 7. The van der Waals surface area contributed by atoms with E-state index in [1.165, 1.54) is 25.1 Å². The number of fused-ring (bicyclic) bond motifs is 1. The van der Waals surface area contributed by atoms with Crippen molar-refractivity contribution in [3.8, 4) is 23.4 Å². The van der Waals surface area contributed by atoms with Crippen molar-refractivity contribution in [2.24, 2.45) is 20.5 Å². The normalized spacial score (nSPS) is 12.3. The number of non-ortho nitro benzene ring substituents is 1. The number of unbranched alkanes of at least 4 members (excludes halogenated alkanes) is 1. The zero-order valence-corrected chi connectivity index (χ0v) is 32.1. The fraction of sp³-hybridized carbons (Fsp3) is 0.152. The molecule has 302 valence electrons. The number of hydrogen-bond acceptors (Lipinski definition) is 17. The first kappa shape index (κ1) is 42.3. The maximum atomic E-state index is 13.3. The molecule has 0 bridgehead atoms. The highest BCUT2D eigenvalue weighted by molar-refractivity contribution is 7.92. The number of benzene rings is 4. The van der Waals surface area contributed by atoms with Gasteiger partial charge in [0.25, 0.3) is 41.5 Å².